The van der Waals surface area contributed by atoms with E-state index >= 15 is 0 Å². The summed E-state index contributed by atoms with van der Waals surface area (Å²) in [6.07, 6.45) is 1.53. The Morgan fingerprint density at radius 3 is 2.57 bits per heavy atom. The predicted molar refractivity (Wildman–Crippen MR) is 128 cm³/mol. The quantitative estimate of drug-likeness (QED) is 0.387. The minimum absolute atomic E-state index is 0.0383. The first kappa shape index (κ1) is 24.6. The number of carbonyl (C=O) groups excluding carboxylic acids is 2. The SMILES string of the molecule is N#CC(NNc1cc(Cl)c(Oc2ccc3c(c2)CCN(CC2CC2)C3=O)c(Cl)c1)C(=O)NC(=O)O. The van der Waals surface area contributed by atoms with Gasteiger partial charge in [-0.3, -0.25) is 14.9 Å². The molecule has 1 unspecified atom stereocenters. The Morgan fingerprint density at radius 1 is 1.23 bits per heavy atom. The number of hydrazine groups is 1. The zero-order valence-corrected chi connectivity index (χ0v) is 19.8. The average Bonchev–Trinajstić information content (AvgIpc) is 3.62. The van der Waals surface area contributed by atoms with Crippen molar-refractivity contribution >= 4 is 46.8 Å². The standard InChI is InChI=1S/C23H21Cl2N5O5/c24-17-8-14(28-29-19(10-26)21(31)27-23(33)34)9-18(25)20(17)35-15-3-4-16-13(7-15)5-6-30(22(16)32)11-12-1-2-12/h3-4,7-9,12,19,28-29H,1-2,5-6,11H2,(H,27,31)(H,33,34). The molecule has 182 valence electrons. The summed E-state index contributed by atoms with van der Waals surface area (Å²) in [7, 11) is 0. The molecular formula is C23H21Cl2N5O5. The summed E-state index contributed by atoms with van der Waals surface area (Å²) >= 11 is 12.7. The molecule has 0 saturated heterocycles. The molecule has 1 aliphatic heterocycles. The number of halogens is 2. The molecule has 1 atom stereocenters. The topological polar surface area (TPSA) is 144 Å². The lowest BCUT2D eigenvalue weighted by Crippen LogP contribution is -2.47. The largest absolute Gasteiger partial charge is 0.465 e. The van der Waals surface area contributed by atoms with E-state index < -0.39 is 18.0 Å². The van der Waals surface area contributed by atoms with Crippen molar-refractivity contribution in [1.82, 2.24) is 15.6 Å². The van der Waals surface area contributed by atoms with Gasteiger partial charge in [-0.25, -0.2) is 10.2 Å². The van der Waals surface area contributed by atoms with Crippen LogP contribution in [0.3, 0.4) is 0 Å². The Kier molecular flexibility index (Phi) is 7.31. The van der Waals surface area contributed by atoms with E-state index in [9.17, 15) is 14.4 Å². The molecule has 1 fully saturated rings. The van der Waals surface area contributed by atoms with Crippen LogP contribution < -0.4 is 20.9 Å². The number of nitrogens with one attached hydrogen (secondary N) is 3. The van der Waals surface area contributed by atoms with Crippen molar-refractivity contribution in [3.63, 3.8) is 0 Å². The highest BCUT2D eigenvalue weighted by molar-refractivity contribution is 6.37. The molecule has 1 saturated carbocycles. The third-order valence-electron chi connectivity index (χ3n) is 5.62. The fraction of sp³-hybridized carbons (Fsp3) is 0.304. The third-order valence-corrected chi connectivity index (χ3v) is 6.18. The minimum atomic E-state index is -1.58. The van der Waals surface area contributed by atoms with Crippen molar-refractivity contribution < 1.29 is 24.2 Å². The van der Waals surface area contributed by atoms with E-state index in [1.54, 1.807) is 29.6 Å². The summed E-state index contributed by atoms with van der Waals surface area (Å²) < 4.78 is 5.91. The van der Waals surface area contributed by atoms with Gasteiger partial charge < -0.3 is 20.2 Å². The van der Waals surface area contributed by atoms with Crippen LogP contribution in [0.4, 0.5) is 10.5 Å². The van der Waals surface area contributed by atoms with Gasteiger partial charge in [0, 0.05) is 18.7 Å². The molecule has 3 amide bonds. The Morgan fingerprint density at radius 2 is 1.94 bits per heavy atom. The van der Waals surface area contributed by atoms with Crippen LogP contribution in [0, 0.1) is 17.2 Å². The van der Waals surface area contributed by atoms with Crippen molar-refractivity contribution in [2.75, 3.05) is 18.5 Å². The molecule has 0 aromatic heterocycles. The van der Waals surface area contributed by atoms with Crippen LogP contribution in [0.25, 0.3) is 0 Å². The van der Waals surface area contributed by atoms with Crippen LogP contribution in [0.1, 0.15) is 28.8 Å². The first-order valence-electron chi connectivity index (χ1n) is 10.8. The maximum atomic E-state index is 12.8. The number of ether oxygens (including phenoxy) is 1. The van der Waals surface area contributed by atoms with E-state index in [2.05, 4.69) is 10.9 Å². The molecule has 4 rings (SSSR count). The third kappa shape index (κ3) is 5.95. The summed E-state index contributed by atoms with van der Waals surface area (Å²) in [5.41, 5.74) is 6.87. The molecule has 0 bridgehead atoms. The smallest absolute Gasteiger partial charge is 0.411 e. The van der Waals surface area contributed by atoms with Gasteiger partial charge in [-0.1, -0.05) is 23.2 Å². The lowest BCUT2D eigenvalue weighted by atomic mass is 9.98. The number of nitriles is 1. The number of nitrogens with zero attached hydrogens (tertiary/aromatic N) is 2. The number of fused-ring (bicyclic) bond motifs is 1. The maximum Gasteiger partial charge on any atom is 0.411 e. The molecule has 35 heavy (non-hydrogen) atoms. The van der Waals surface area contributed by atoms with Crippen LogP contribution in [-0.4, -0.2) is 47.0 Å². The number of hydrogen-bond acceptors (Lipinski definition) is 7. The first-order valence-corrected chi connectivity index (χ1v) is 11.5. The van der Waals surface area contributed by atoms with Gasteiger partial charge in [0.05, 0.1) is 21.8 Å². The normalized spacial score (nSPS) is 15.6. The number of hydrogen-bond donors (Lipinski definition) is 4. The van der Waals surface area contributed by atoms with Gasteiger partial charge in [0.25, 0.3) is 11.8 Å². The van der Waals surface area contributed by atoms with Gasteiger partial charge in [0.2, 0.25) is 0 Å². The molecule has 4 N–H and O–H groups in total. The van der Waals surface area contributed by atoms with Gasteiger partial charge >= 0.3 is 6.09 Å². The number of benzene rings is 2. The second-order valence-electron chi connectivity index (χ2n) is 8.26. The van der Waals surface area contributed by atoms with Crippen LogP contribution in [0.15, 0.2) is 30.3 Å². The number of carboxylic acid groups (broad SMARTS) is 1. The fourth-order valence-corrected chi connectivity index (χ4v) is 4.26. The number of carbonyl (C=O) groups is 3. The summed E-state index contributed by atoms with van der Waals surface area (Å²) in [6, 6.07) is 8.29. The molecule has 12 heteroatoms. The molecule has 2 aromatic carbocycles. The average molecular weight is 518 g/mol. The Bertz CT molecular complexity index is 1200. The first-order chi connectivity index (χ1) is 16.7. The van der Waals surface area contributed by atoms with Gasteiger partial charge in [0.15, 0.2) is 11.8 Å². The van der Waals surface area contributed by atoms with Gasteiger partial charge in [-0.15, -0.1) is 0 Å². The second kappa shape index (κ2) is 10.4. The molecule has 2 aliphatic rings. The van der Waals surface area contributed by atoms with Crippen LogP contribution in [0.5, 0.6) is 11.5 Å². The van der Waals surface area contributed by atoms with E-state index in [1.165, 1.54) is 25.0 Å². The van der Waals surface area contributed by atoms with E-state index in [0.29, 0.717) is 29.5 Å². The van der Waals surface area contributed by atoms with Crippen molar-refractivity contribution in [3.05, 3.63) is 51.5 Å². The van der Waals surface area contributed by atoms with Gasteiger partial charge in [0.1, 0.15) is 5.75 Å². The van der Waals surface area contributed by atoms with E-state index in [4.69, 9.17) is 38.3 Å². The molecule has 10 nitrogen and oxygen atoms in total. The fourth-order valence-electron chi connectivity index (χ4n) is 3.70. The van der Waals surface area contributed by atoms with Crippen molar-refractivity contribution in [1.29, 1.82) is 5.26 Å². The zero-order valence-electron chi connectivity index (χ0n) is 18.3. The van der Waals surface area contributed by atoms with Gasteiger partial charge in [-0.05, 0) is 61.1 Å². The zero-order chi connectivity index (χ0) is 25.1. The maximum absolute atomic E-state index is 12.8. The number of anilines is 1. The summed E-state index contributed by atoms with van der Waals surface area (Å²) in [4.78, 5) is 36.9. The van der Waals surface area contributed by atoms with E-state index in [-0.39, 0.29) is 21.7 Å². The molecule has 0 spiro atoms. The Balaban J connectivity index is 1.43. The highest BCUT2D eigenvalue weighted by Crippen LogP contribution is 2.39. The van der Waals surface area contributed by atoms with Crippen molar-refractivity contribution in [3.8, 4) is 17.6 Å². The van der Waals surface area contributed by atoms with Crippen molar-refractivity contribution in [2.24, 2.45) is 5.92 Å². The summed E-state index contributed by atoms with van der Waals surface area (Å²) in [6.45, 7) is 1.49. The van der Waals surface area contributed by atoms with Crippen LogP contribution in [-0.2, 0) is 11.2 Å². The number of amides is 3. The van der Waals surface area contributed by atoms with Crippen LogP contribution in [0.2, 0.25) is 10.0 Å². The molecule has 1 heterocycles. The Hall–Kier alpha value is -3.52. The second-order valence-corrected chi connectivity index (χ2v) is 9.07. The van der Waals surface area contributed by atoms with E-state index in [0.717, 1.165) is 18.5 Å². The number of imide groups is 1. The monoisotopic (exact) mass is 517 g/mol. The Labute approximate surface area is 210 Å². The van der Waals surface area contributed by atoms with Gasteiger partial charge in [-0.2, -0.15) is 5.26 Å². The van der Waals surface area contributed by atoms with Crippen molar-refractivity contribution in [2.45, 2.75) is 25.3 Å². The molecule has 0 radical (unpaired) electrons. The number of rotatable bonds is 8. The highest BCUT2D eigenvalue weighted by Gasteiger charge is 2.30. The minimum Gasteiger partial charge on any atom is -0.465 e. The predicted octanol–water partition coefficient (Wildman–Crippen LogP) is 3.80. The molecule has 2 aromatic rings. The van der Waals surface area contributed by atoms with Crippen LogP contribution >= 0.6 is 23.2 Å². The summed E-state index contributed by atoms with van der Waals surface area (Å²) in [5, 5.41) is 19.5. The molecular weight excluding hydrogens is 497 g/mol. The molecule has 1 aliphatic carbocycles. The summed E-state index contributed by atoms with van der Waals surface area (Å²) in [5.74, 6) is 0.289. The van der Waals surface area contributed by atoms with E-state index in [1.807, 2.05) is 4.90 Å². The lowest BCUT2D eigenvalue weighted by Gasteiger charge is -2.29. The highest BCUT2D eigenvalue weighted by atomic mass is 35.5. The lowest BCUT2D eigenvalue weighted by molar-refractivity contribution is -0.120.